The SMILES string of the molecule is CCCn1cc(Br)cc1C(=O)Nc1ccc(Br)cc1F. The van der Waals surface area contributed by atoms with E-state index in [4.69, 9.17) is 0 Å². The van der Waals surface area contributed by atoms with Crippen molar-refractivity contribution in [3.63, 3.8) is 0 Å². The Balaban J connectivity index is 2.23. The smallest absolute Gasteiger partial charge is 0.272 e. The summed E-state index contributed by atoms with van der Waals surface area (Å²) in [4.78, 5) is 12.2. The number of carbonyl (C=O) groups excluding carboxylic acids is 1. The van der Waals surface area contributed by atoms with Crippen LogP contribution in [-0.2, 0) is 6.54 Å². The van der Waals surface area contributed by atoms with Gasteiger partial charge in [0.05, 0.1) is 5.69 Å². The molecule has 0 aliphatic rings. The van der Waals surface area contributed by atoms with Crippen LogP contribution in [0.25, 0.3) is 0 Å². The molecule has 0 bridgehead atoms. The van der Waals surface area contributed by atoms with Gasteiger partial charge in [-0.05, 0) is 46.6 Å². The Morgan fingerprint density at radius 1 is 1.30 bits per heavy atom. The van der Waals surface area contributed by atoms with Crippen LogP contribution in [-0.4, -0.2) is 10.5 Å². The summed E-state index contributed by atoms with van der Waals surface area (Å²) in [6.07, 6.45) is 2.75. The fourth-order valence-electron chi connectivity index (χ4n) is 1.87. The molecule has 0 aliphatic heterocycles. The lowest BCUT2D eigenvalue weighted by molar-refractivity contribution is 0.101. The van der Waals surface area contributed by atoms with Gasteiger partial charge >= 0.3 is 0 Å². The van der Waals surface area contributed by atoms with E-state index in [1.807, 2.05) is 17.7 Å². The number of nitrogens with one attached hydrogen (secondary N) is 1. The van der Waals surface area contributed by atoms with Gasteiger partial charge < -0.3 is 9.88 Å². The highest BCUT2D eigenvalue weighted by molar-refractivity contribution is 9.10. The maximum atomic E-state index is 13.7. The minimum atomic E-state index is -0.472. The molecule has 3 nitrogen and oxygen atoms in total. The van der Waals surface area contributed by atoms with Gasteiger partial charge in [-0.2, -0.15) is 0 Å². The number of aromatic nitrogens is 1. The molecule has 1 amide bonds. The summed E-state index contributed by atoms with van der Waals surface area (Å²) in [7, 11) is 0. The highest BCUT2D eigenvalue weighted by Crippen LogP contribution is 2.21. The molecule has 1 N–H and O–H groups in total. The average Bonchev–Trinajstić information content (AvgIpc) is 2.74. The second-order valence-electron chi connectivity index (χ2n) is 4.32. The number of nitrogens with zero attached hydrogens (tertiary/aromatic N) is 1. The van der Waals surface area contributed by atoms with Crippen molar-refractivity contribution in [3.05, 3.63) is 50.9 Å². The van der Waals surface area contributed by atoms with Gasteiger partial charge in [-0.3, -0.25) is 4.79 Å². The Kier molecular flexibility index (Phi) is 4.99. The zero-order valence-electron chi connectivity index (χ0n) is 10.8. The van der Waals surface area contributed by atoms with Crippen molar-refractivity contribution < 1.29 is 9.18 Å². The maximum Gasteiger partial charge on any atom is 0.272 e. The van der Waals surface area contributed by atoms with E-state index < -0.39 is 5.82 Å². The van der Waals surface area contributed by atoms with Crippen LogP contribution in [0.1, 0.15) is 23.8 Å². The largest absolute Gasteiger partial charge is 0.342 e. The van der Waals surface area contributed by atoms with Crippen molar-refractivity contribution >= 4 is 43.5 Å². The molecule has 0 saturated heterocycles. The fourth-order valence-corrected chi connectivity index (χ4v) is 2.67. The number of aryl methyl sites for hydroxylation is 1. The van der Waals surface area contributed by atoms with Crippen LogP contribution in [0, 0.1) is 5.82 Å². The van der Waals surface area contributed by atoms with Crippen LogP contribution < -0.4 is 5.32 Å². The third kappa shape index (κ3) is 3.49. The van der Waals surface area contributed by atoms with Gasteiger partial charge in [0.15, 0.2) is 0 Å². The van der Waals surface area contributed by atoms with E-state index in [9.17, 15) is 9.18 Å². The number of hydrogen-bond acceptors (Lipinski definition) is 1. The summed E-state index contributed by atoms with van der Waals surface area (Å²) in [5, 5.41) is 2.59. The number of benzene rings is 1. The van der Waals surface area contributed by atoms with E-state index in [2.05, 4.69) is 37.2 Å². The first-order valence-electron chi connectivity index (χ1n) is 6.13. The minimum Gasteiger partial charge on any atom is -0.342 e. The van der Waals surface area contributed by atoms with E-state index in [0.29, 0.717) is 10.2 Å². The zero-order chi connectivity index (χ0) is 14.7. The Labute approximate surface area is 133 Å². The Hall–Kier alpha value is -1.14. The summed E-state index contributed by atoms with van der Waals surface area (Å²) in [5.74, 6) is -0.800. The van der Waals surface area contributed by atoms with Crippen LogP contribution in [0.15, 0.2) is 39.4 Å². The molecule has 106 valence electrons. The highest BCUT2D eigenvalue weighted by Gasteiger charge is 2.14. The molecular formula is C14H13Br2FN2O. The van der Waals surface area contributed by atoms with E-state index in [1.165, 1.54) is 12.1 Å². The van der Waals surface area contributed by atoms with Crippen LogP contribution >= 0.6 is 31.9 Å². The minimum absolute atomic E-state index is 0.165. The van der Waals surface area contributed by atoms with Gasteiger partial charge in [0.2, 0.25) is 0 Å². The molecule has 2 rings (SSSR count). The normalized spacial score (nSPS) is 10.6. The van der Waals surface area contributed by atoms with Crippen LogP contribution in [0.4, 0.5) is 10.1 Å². The standard InChI is InChI=1S/C14H13Br2FN2O/c1-2-5-19-8-10(16)7-13(19)14(20)18-12-4-3-9(15)6-11(12)17/h3-4,6-8H,2,5H2,1H3,(H,18,20). The first-order valence-corrected chi connectivity index (χ1v) is 7.72. The molecule has 2 aromatic rings. The molecule has 0 saturated carbocycles. The lowest BCUT2D eigenvalue weighted by atomic mass is 10.3. The second kappa shape index (κ2) is 6.54. The molecule has 0 spiro atoms. The quantitative estimate of drug-likeness (QED) is 0.780. The van der Waals surface area contributed by atoms with E-state index in [-0.39, 0.29) is 11.6 Å². The number of anilines is 1. The van der Waals surface area contributed by atoms with E-state index >= 15 is 0 Å². The topological polar surface area (TPSA) is 34.0 Å². The van der Waals surface area contributed by atoms with Crippen molar-refractivity contribution in [2.75, 3.05) is 5.32 Å². The van der Waals surface area contributed by atoms with Crippen molar-refractivity contribution in [1.82, 2.24) is 4.57 Å². The molecule has 6 heteroatoms. The molecular weight excluding hydrogens is 391 g/mol. The molecule has 1 aromatic carbocycles. The lowest BCUT2D eigenvalue weighted by Crippen LogP contribution is -2.17. The third-order valence-electron chi connectivity index (χ3n) is 2.74. The van der Waals surface area contributed by atoms with Gasteiger partial charge in [-0.15, -0.1) is 0 Å². The number of halogens is 3. The summed E-state index contributed by atoms with van der Waals surface area (Å²) in [6, 6.07) is 6.25. The first-order chi connectivity index (χ1) is 9.51. The molecule has 1 aromatic heterocycles. The van der Waals surface area contributed by atoms with Crippen molar-refractivity contribution in [1.29, 1.82) is 0 Å². The Bertz CT molecular complexity index is 640. The Morgan fingerprint density at radius 2 is 2.05 bits per heavy atom. The lowest BCUT2D eigenvalue weighted by Gasteiger charge is -2.09. The molecule has 0 radical (unpaired) electrons. The first kappa shape index (κ1) is 15.3. The van der Waals surface area contributed by atoms with Gasteiger partial charge in [-0.25, -0.2) is 4.39 Å². The van der Waals surface area contributed by atoms with E-state index in [0.717, 1.165) is 17.4 Å². The molecule has 0 fully saturated rings. The van der Waals surface area contributed by atoms with Gasteiger partial charge in [0.25, 0.3) is 5.91 Å². The predicted molar refractivity (Wildman–Crippen MR) is 84.5 cm³/mol. The molecule has 0 unspecified atom stereocenters. The van der Waals surface area contributed by atoms with Crippen molar-refractivity contribution in [2.24, 2.45) is 0 Å². The third-order valence-corrected chi connectivity index (χ3v) is 3.67. The van der Waals surface area contributed by atoms with Gasteiger partial charge in [0, 0.05) is 21.7 Å². The van der Waals surface area contributed by atoms with Crippen LogP contribution in [0.5, 0.6) is 0 Å². The summed E-state index contributed by atoms with van der Waals surface area (Å²) in [5.41, 5.74) is 0.666. The monoisotopic (exact) mass is 402 g/mol. The average molecular weight is 404 g/mol. The predicted octanol–water partition coefficient (Wildman–Crippen LogP) is 4.81. The van der Waals surface area contributed by atoms with Crippen molar-refractivity contribution in [3.8, 4) is 0 Å². The fraction of sp³-hybridized carbons (Fsp3) is 0.214. The number of amides is 1. The van der Waals surface area contributed by atoms with Gasteiger partial charge in [-0.1, -0.05) is 22.9 Å². The summed E-state index contributed by atoms with van der Waals surface area (Å²) >= 11 is 6.53. The second-order valence-corrected chi connectivity index (χ2v) is 6.15. The summed E-state index contributed by atoms with van der Waals surface area (Å²) < 4.78 is 17.0. The molecule has 0 aliphatic carbocycles. The number of rotatable bonds is 4. The number of carbonyl (C=O) groups is 1. The van der Waals surface area contributed by atoms with Gasteiger partial charge in [0.1, 0.15) is 11.5 Å². The van der Waals surface area contributed by atoms with Crippen LogP contribution in [0.3, 0.4) is 0 Å². The van der Waals surface area contributed by atoms with E-state index in [1.54, 1.807) is 12.1 Å². The number of hydrogen-bond donors (Lipinski definition) is 1. The van der Waals surface area contributed by atoms with Crippen LogP contribution in [0.2, 0.25) is 0 Å². The molecule has 0 atom stereocenters. The van der Waals surface area contributed by atoms with Crippen molar-refractivity contribution in [2.45, 2.75) is 19.9 Å². The summed E-state index contributed by atoms with van der Waals surface area (Å²) in [6.45, 7) is 2.77. The zero-order valence-corrected chi connectivity index (χ0v) is 14.0. The Morgan fingerprint density at radius 3 is 2.70 bits per heavy atom. The highest BCUT2D eigenvalue weighted by atomic mass is 79.9. The molecule has 1 heterocycles. The molecule has 20 heavy (non-hydrogen) atoms. The maximum absolute atomic E-state index is 13.7.